The molecule has 3 heterocycles. The number of pyridine rings is 1. The summed E-state index contributed by atoms with van der Waals surface area (Å²) in [6, 6.07) is 10.0. The van der Waals surface area contributed by atoms with Gasteiger partial charge in [0.1, 0.15) is 11.2 Å². The van der Waals surface area contributed by atoms with Crippen LogP contribution in [0.1, 0.15) is 55.5 Å². The van der Waals surface area contributed by atoms with Crippen LogP contribution in [0, 0.1) is 0 Å². The van der Waals surface area contributed by atoms with E-state index < -0.39 is 21.0 Å². The van der Waals surface area contributed by atoms with E-state index >= 15 is 0 Å². The number of nitrogens with one attached hydrogen (secondary N) is 1. The number of aliphatic hydroxyl groups is 1. The van der Waals surface area contributed by atoms with Crippen molar-refractivity contribution in [2.75, 3.05) is 11.5 Å². The zero-order valence-electron chi connectivity index (χ0n) is 19.0. The monoisotopic (exact) mass is 468 g/mol. The first-order chi connectivity index (χ1) is 15.4. The topological polar surface area (TPSA) is 114 Å². The van der Waals surface area contributed by atoms with Crippen LogP contribution in [0.5, 0.6) is 0 Å². The standard InChI is InChI=1S/C24H28N4O4S/c1-23(2,30)12-28-19-10-18(22(29)26-24(3)13-33(31,32)14-24)11-25-21(19)20(27-28)17-6-4-5-16(9-17)15-7-8-15/h4-6,9-11,15,30H,7-8,12-14H2,1-3H3,(H,26,29). The predicted octanol–water partition coefficient (Wildman–Crippen LogP) is 2.66. The molecular formula is C24H28N4O4S. The number of aromatic nitrogens is 3. The van der Waals surface area contributed by atoms with E-state index in [1.54, 1.807) is 31.5 Å². The highest BCUT2D eigenvalue weighted by Crippen LogP contribution is 2.41. The fraction of sp³-hybridized carbons (Fsp3) is 0.458. The largest absolute Gasteiger partial charge is 0.389 e. The van der Waals surface area contributed by atoms with Crippen LogP contribution in [0.15, 0.2) is 36.5 Å². The first-order valence-corrected chi connectivity index (χ1v) is 13.0. The molecule has 5 rings (SSSR count). The molecule has 3 aromatic rings. The van der Waals surface area contributed by atoms with Crippen LogP contribution in [-0.2, 0) is 16.4 Å². The Morgan fingerprint density at radius 3 is 2.64 bits per heavy atom. The molecule has 1 saturated carbocycles. The minimum Gasteiger partial charge on any atom is -0.389 e. The van der Waals surface area contributed by atoms with E-state index in [1.807, 2.05) is 12.1 Å². The van der Waals surface area contributed by atoms with E-state index in [4.69, 9.17) is 5.10 Å². The van der Waals surface area contributed by atoms with Gasteiger partial charge in [0.15, 0.2) is 9.84 Å². The number of amides is 1. The van der Waals surface area contributed by atoms with E-state index in [-0.39, 0.29) is 24.0 Å². The molecule has 0 atom stereocenters. The fourth-order valence-electron chi connectivity index (χ4n) is 4.56. The van der Waals surface area contributed by atoms with Crippen LogP contribution in [0.2, 0.25) is 0 Å². The Bertz CT molecular complexity index is 1350. The Hall–Kier alpha value is -2.78. The summed E-state index contributed by atoms with van der Waals surface area (Å²) >= 11 is 0. The van der Waals surface area contributed by atoms with Gasteiger partial charge in [-0.25, -0.2) is 8.42 Å². The van der Waals surface area contributed by atoms with Gasteiger partial charge in [-0.05, 0) is 57.2 Å². The second-order valence-corrected chi connectivity index (χ2v) is 12.4. The van der Waals surface area contributed by atoms with Crippen molar-refractivity contribution >= 4 is 26.8 Å². The number of carbonyl (C=O) groups excluding carboxylic acids is 1. The zero-order chi connectivity index (χ0) is 23.6. The van der Waals surface area contributed by atoms with Crippen molar-refractivity contribution in [3.63, 3.8) is 0 Å². The molecule has 1 aliphatic heterocycles. The molecule has 8 nitrogen and oxygen atoms in total. The third kappa shape index (κ3) is 4.52. The van der Waals surface area contributed by atoms with Crippen molar-refractivity contribution in [2.24, 2.45) is 0 Å². The second kappa shape index (κ2) is 7.36. The molecule has 9 heteroatoms. The third-order valence-electron chi connectivity index (χ3n) is 6.09. The van der Waals surface area contributed by atoms with Crippen LogP contribution < -0.4 is 5.32 Å². The highest BCUT2D eigenvalue weighted by molar-refractivity contribution is 7.93. The van der Waals surface area contributed by atoms with Crippen molar-refractivity contribution in [3.05, 3.63) is 47.7 Å². The van der Waals surface area contributed by atoms with E-state index in [0.717, 1.165) is 5.56 Å². The normalized spacial score (nSPS) is 19.3. The van der Waals surface area contributed by atoms with Gasteiger partial charge in [0.2, 0.25) is 0 Å². The lowest BCUT2D eigenvalue weighted by atomic mass is 10.0. The Labute approximate surface area is 192 Å². The summed E-state index contributed by atoms with van der Waals surface area (Å²) in [4.78, 5) is 17.5. The zero-order valence-corrected chi connectivity index (χ0v) is 19.8. The van der Waals surface area contributed by atoms with E-state index in [2.05, 4.69) is 22.4 Å². The van der Waals surface area contributed by atoms with E-state index in [0.29, 0.717) is 28.2 Å². The Morgan fingerprint density at radius 2 is 2.00 bits per heavy atom. The molecule has 2 N–H and O–H groups in total. The number of fused-ring (bicyclic) bond motifs is 1. The molecule has 2 fully saturated rings. The maximum absolute atomic E-state index is 12.9. The first-order valence-electron chi connectivity index (χ1n) is 11.1. The summed E-state index contributed by atoms with van der Waals surface area (Å²) in [6.45, 7) is 5.36. The molecule has 2 aliphatic rings. The number of carbonyl (C=O) groups is 1. The van der Waals surface area contributed by atoms with Crippen LogP contribution >= 0.6 is 0 Å². The van der Waals surface area contributed by atoms with Crippen molar-refractivity contribution in [1.82, 2.24) is 20.1 Å². The van der Waals surface area contributed by atoms with Crippen LogP contribution in [0.3, 0.4) is 0 Å². The van der Waals surface area contributed by atoms with Gasteiger partial charge in [-0.2, -0.15) is 5.10 Å². The Kier molecular flexibility index (Phi) is 4.92. The highest BCUT2D eigenvalue weighted by Gasteiger charge is 2.45. The summed E-state index contributed by atoms with van der Waals surface area (Å²) in [5, 5.41) is 18.0. The molecule has 0 radical (unpaired) electrons. The van der Waals surface area contributed by atoms with Crippen molar-refractivity contribution < 1.29 is 18.3 Å². The third-order valence-corrected chi connectivity index (χ3v) is 8.24. The minimum atomic E-state index is -3.08. The van der Waals surface area contributed by atoms with Crippen molar-refractivity contribution in [3.8, 4) is 11.3 Å². The van der Waals surface area contributed by atoms with Gasteiger partial charge in [-0.3, -0.25) is 14.5 Å². The molecular weight excluding hydrogens is 440 g/mol. The van der Waals surface area contributed by atoms with E-state index in [1.165, 1.54) is 24.6 Å². The fourth-order valence-corrected chi connectivity index (χ4v) is 6.56. The number of hydrogen-bond donors (Lipinski definition) is 2. The summed E-state index contributed by atoms with van der Waals surface area (Å²) in [5.74, 6) is 0.0868. The predicted molar refractivity (Wildman–Crippen MR) is 126 cm³/mol. The Morgan fingerprint density at radius 1 is 1.27 bits per heavy atom. The summed E-state index contributed by atoms with van der Waals surface area (Å²) < 4.78 is 24.9. The number of sulfone groups is 1. The van der Waals surface area contributed by atoms with Gasteiger partial charge in [-0.15, -0.1) is 0 Å². The van der Waals surface area contributed by atoms with Crippen LogP contribution in [0.25, 0.3) is 22.3 Å². The molecule has 2 aromatic heterocycles. The number of nitrogens with zero attached hydrogens (tertiary/aromatic N) is 3. The lowest BCUT2D eigenvalue weighted by Gasteiger charge is -2.38. The molecule has 174 valence electrons. The first kappa shape index (κ1) is 22.0. The smallest absolute Gasteiger partial charge is 0.253 e. The summed E-state index contributed by atoms with van der Waals surface area (Å²) in [6.07, 6.45) is 3.90. The lowest BCUT2D eigenvalue weighted by molar-refractivity contribution is 0.0592. The van der Waals surface area contributed by atoms with Gasteiger partial charge < -0.3 is 10.4 Å². The molecule has 0 unspecified atom stereocenters. The minimum absolute atomic E-state index is 0.0699. The van der Waals surface area contributed by atoms with Gasteiger partial charge in [0.05, 0.1) is 40.3 Å². The molecule has 0 bridgehead atoms. The van der Waals surface area contributed by atoms with Gasteiger partial charge >= 0.3 is 0 Å². The number of hydrogen-bond acceptors (Lipinski definition) is 6. The molecule has 1 saturated heterocycles. The van der Waals surface area contributed by atoms with Crippen LogP contribution in [0.4, 0.5) is 0 Å². The highest BCUT2D eigenvalue weighted by atomic mass is 32.2. The second-order valence-electron chi connectivity index (χ2n) is 10.4. The summed E-state index contributed by atoms with van der Waals surface area (Å²) in [5.41, 5.74) is 2.78. The quantitative estimate of drug-likeness (QED) is 0.575. The lowest BCUT2D eigenvalue weighted by Crippen LogP contribution is -2.63. The van der Waals surface area contributed by atoms with Gasteiger partial charge in [0.25, 0.3) is 5.91 Å². The van der Waals surface area contributed by atoms with Gasteiger partial charge in [0, 0.05) is 11.8 Å². The average molecular weight is 469 g/mol. The number of rotatable bonds is 6. The molecule has 1 aromatic carbocycles. The molecule has 33 heavy (non-hydrogen) atoms. The molecule has 0 spiro atoms. The Balaban J connectivity index is 1.53. The van der Waals surface area contributed by atoms with Crippen LogP contribution in [-0.4, -0.2) is 56.8 Å². The summed E-state index contributed by atoms with van der Waals surface area (Å²) in [7, 11) is -3.08. The van der Waals surface area contributed by atoms with E-state index in [9.17, 15) is 18.3 Å². The van der Waals surface area contributed by atoms with Crippen molar-refractivity contribution in [1.29, 1.82) is 0 Å². The SMILES string of the molecule is CC(C)(O)Cn1nc(-c2cccc(C3CC3)c2)c2ncc(C(=O)NC3(C)CS(=O)(=O)C3)cc21. The van der Waals surface area contributed by atoms with Crippen molar-refractivity contribution in [2.45, 2.75) is 57.2 Å². The molecule has 1 aliphatic carbocycles. The van der Waals surface area contributed by atoms with Gasteiger partial charge in [-0.1, -0.05) is 18.2 Å². The number of benzene rings is 1. The average Bonchev–Trinajstić information content (AvgIpc) is 3.48. The maximum Gasteiger partial charge on any atom is 0.253 e. The molecule has 1 amide bonds. The maximum atomic E-state index is 12.9.